The Bertz CT molecular complexity index is 1050. The first kappa shape index (κ1) is 49.5. The van der Waals surface area contributed by atoms with E-state index < -0.39 is 18.3 Å². The molecule has 1 saturated heterocycles. The summed E-state index contributed by atoms with van der Waals surface area (Å²) in [5.41, 5.74) is 0. The van der Waals surface area contributed by atoms with Crippen LogP contribution in [0, 0.1) is 0 Å². The Kier molecular flexibility index (Phi) is 33.1. The minimum Gasteiger partial charge on any atom is -0.456 e. The highest BCUT2D eigenvalue weighted by Crippen LogP contribution is 2.26. The zero-order valence-electron chi connectivity index (χ0n) is 35.3. The standard InChI is InChI=1S/C47H81NO6/c1-5-7-9-11-13-15-17-19-21-23-25-27-29-31-33-37-45(50)53-44-41-52-43(40-42(49)36-35-39-48(3)4)47(44)54-46(51)38-34-32-30-28-26-24-22-20-18-16-14-12-10-8-6-2/h13-16,19-22,43-44,47H,5-12,17-18,23-41H2,1-4H3/b15-13-,16-14-,21-19-,22-20-/t43-,44+,47+/m1/s1. The average Bonchev–Trinajstić information content (AvgIpc) is 3.50. The van der Waals surface area contributed by atoms with E-state index in [4.69, 9.17) is 14.2 Å². The predicted octanol–water partition coefficient (Wildman–Crippen LogP) is 12.1. The molecule has 0 aromatic heterocycles. The van der Waals surface area contributed by atoms with Crippen LogP contribution in [-0.2, 0) is 28.6 Å². The number of nitrogens with zero attached hydrogens (tertiary/aromatic N) is 1. The number of ether oxygens (including phenoxy) is 3. The molecule has 0 aromatic rings. The van der Waals surface area contributed by atoms with Crippen LogP contribution in [0.1, 0.15) is 187 Å². The summed E-state index contributed by atoms with van der Waals surface area (Å²) in [5, 5.41) is 0. The topological polar surface area (TPSA) is 82.1 Å². The summed E-state index contributed by atoms with van der Waals surface area (Å²) in [7, 11) is 3.98. The van der Waals surface area contributed by atoms with Crippen molar-refractivity contribution in [3.63, 3.8) is 0 Å². The molecule has 1 heterocycles. The van der Waals surface area contributed by atoms with Crippen molar-refractivity contribution in [2.24, 2.45) is 0 Å². The first-order valence-corrected chi connectivity index (χ1v) is 22.1. The van der Waals surface area contributed by atoms with Crippen molar-refractivity contribution in [2.45, 2.75) is 206 Å². The molecule has 3 atom stereocenters. The van der Waals surface area contributed by atoms with E-state index in [2.05, 4.69) is 67.4 Å². The van der Waals surface area contributed by atoms with Crippen LogP contribution < -0.4 is 0 Å². The van der Waals surface area contributed by atoms with Crippen molar-refractivity contribution < 1.29 is 28.6 Å². The zero-order valence-corrected chi connectivity index (χ0v) is 35.3. The summed E-state index contributed by atoms with van der Waals surface area (Å²) in [6, 6.07) is 0. The van der Waals surface area contributed by atoms with Gasteiger partial charge in [0.15, 0.2) is 12.2 Å². The lowest BCUT2D eigenvalue weighted by molar-refractivity contribution is -0.166. The van der Waals surface area contributed by atoms with Gasteiger partial charge in [-0.2, -0.15) is 0 Å². The molecule has 7 nitrogen and oxygen atoms in total. The molecule has 310 valence electrons. The van der Waals surface area contributed by atoms with Crippen molar-refractivity contribution in [3.05, 3.63) is 48.6 Å². The van der Waals surface area contributed by atoms with E-state index in [0.29, 0.717) is 19.3 Å². The fourth-order valence-electron chi connectivity index (χ4n) is 6.59. The van der Waals surface area contributed by atoms with Gasteiger partial charge in [0.05, 0.1) is 6.61 Å². The predicted molar refractivity (Wildman–Crippen MR) is 226 cm³/mol. The second kappa shape index (κ2) is 36.1. The van der Waals surface area contributed by atoms with Crippen LogP contribution in [-0.4, -0.2) is 68.2 Å². The van der Waals surface area contributed by atoms with E-state index in [1.165, 1.54) is 51.4 Å². The molecule has 1 aliphatic rings. The first-order valence-electron chi connectivity index (χ1n) is 22.1. The number of hydrogen-bond donors (Lipinski definition) is 0. The number of allylic oxidation sites excluding steroid dienone is 8. The van der Waals surface area contributed by atoms with E-state index in [1.54, 1.807) is 0 Å². The SMILES string of the molecule is CCCCC/C=C\C/C=C\CCCCCCCC(=O)O[C@@H]1[C@@H](OC(=O)CCCCCCC/C=C\C/C=C\CCCCC)CO[C@@H]1CC(=O)CCCN(C)C. The molecule has 0 amide bonds. The molecule has 7 heteroatoms. The van der Waals surface area contributed by atoms with E-state index in [9.17, 15) is 14.4 Å². The largest absolute Gasteiger partial charge is 0.456 e. The summed E-state index contributed by atoms with van der Waals surface area (Å²) < 4.78 is 17.7. The molecule has 0 radical (unpaired) electrons. The smallest absolute Gasteiger partial charge is 0.306 e. The zero-order chi connectivity index (χ0) is 39.3. The van der Waals surface area contributed by atoms with Gasteiger partial charge in [0, 0.05) is 25.7 Å². The second-order valence-corrected chi connectivity index (χ2v) is 15.5. The molecule has 1 fully saturated rings. The molecule has 1 rings (SSSR count). The molecule has 0 spiro atoms. The Balaban J connectivity index is 2.37. The number of carbonyl (C=O) groups is 3. The quantitative estimate of drug-likeness (QED) is 0.0358. The number of hydrogen-bond acceptors (Lipinski definition) is 7. The highest BCUT2D eigenvalue weighted by atomic mass is 16.6. The summed E-state index contributed by atoms with van der Waals surface area (Å²) in [6.07, 6.45) is 42.9. The number of esters is 2. The van der Waals surface area contributed by atoms with Gasteiger partial charge in [-0.15, -0.1) is 0 Å². The third-order valence-electron chi connectivity index (χ3n) is 9.91. The molecule has 0 aromatic carbocycles. The summed E-state index contributed by atoms with van der Waals surface area (Å²) in [5.74, 6) is -0.522. The normalized spacial score (nSPS) is 17.6. The molecule has 0 saturated carbocycles. The number of unbranched alkanes of at least 4 members (excludes halogenated alkanes) is 16. The lowest BCUT2D eigenvalue weighted by atomic mass is 10.0. The molecular weight excluding hydrogens is 675 g/mol. The van der Waals surface area contributed by atoms with Gasteiger partial charge in [-0.3, -0.25) is 14.4 Å². The van der Waals surface area contributed by atoms with Crippen LogP contribution in [0.2, 0.25) is 0 Å². The second-order valence-electron chi connectivity index (χ2n) is 15.5. The third-order valence-corrected chi connectivity index (χ3v) is 9.91. The maximum Gasteiger partial charge on any atom is 0.306 e. The van der Waals surface area contributed by atoms with Crippen LogP contribution in [0.3, 0.4) is 0 Å². The fourth-order valence-corrected chi connectivity index (χ4v) is 6.59. The van der Waals surface area contributed by atoms with Gasteiger partial charge >= 0.3 is 11.9 Å². The minimum atomic E-state index is -0.748. The molecule has 0 N–H and O–H groups in total. The molecule has 54 heavy (non-hydrogen) atoms. The van der Waals surface area contributed by atoms with E-state index in [-0.39, 0.29) is 30.7 Å². The van der Waals surface area contributed by atoms with Crippen LogP contribution in [0.25, 0.3) is 0 Å². The number of Topliss-reactive ketones (excluding diaryl/α,β-unsaturated/α-hetero) is 1. The Morgan fingerprint density at radius 1 is 0.556 bits per heavy atom. The first-order chi connectivity index (χ1) is 26.4. The maximum absolute atomic E-state index is 12.9. The Labute approximate surface area is 331 Å². The van der Waals surface area contributed by atoms with Crippen molar-refractivity contribution in [3.8, 4) is 0 Å². The van der Waals surface area contributed by atoms with E-state index in [1.807, 2.05) is 14.1 Å². The maximum atomic E-state index is 12.9. The number of carbonyl (C=O) groups excluding carboxylic acids is 3. The fraction of sp³-hybridized carbons (Fsp3) is 0.766. The summed E-state index contributed by atoms with van der Waals surface area (Å²) in [6.45, 7) is 5.45. The van der Waals surface area contributed by atoms with E-state index >= 15 is 0 Å². The number of rotatable bonds is 36. The van der Waals surface area contributed by atoms with Gasteiger partial charge in [-0.1, -0.05) is 127 Å². The van der Waals surface area contributed by atoms with Gasteiger partial charge in [0.1, 0.15) is 11.9 Å². The lowest BCUT2D eigenvalue weighted by Crippen LogP contribution is -2.39. The lowest BCUT2D eigenvalue weighted by Gasteiger charge is -2.23. The summed E-state index contributed by atoms with van der Waals surface area (Å²) in [4.78, 5) is 40.6. The molecule has 0 bridgehead atoms. The Morgan fingerprint density at radius 2 is 1.00 bits per heavy atom. The van der Waals surface area contributed by atoms with Crippen molar-refractivity contribution in [2.75, 3.05) is 27.2 Å². The number of ketones is 1. The van der Waals surface area contributed by atoms with Gasteiger partial charge in [0.2, 0.25) is 0 Å². The summed E-state index contributed by atoms with van der Waals surface area (Å²) >= 11 is 0. The van der Waals surface area contributed by atoms with Crippen LogP contribution in [0.15, 0.2) is 48.6 Å². The van der Waals surface area contributed by atoms with E-state index in [0.717, 1.165) is 103 Å². The Morgan fingerprint density at radius 3 is 1.48 bits per heavy atom. The van der Waals surface area contributed by atoms with Gasteiger partial charge in [0.25, 0.3) is 0 Å². The van der Waals surface area contributed by atoms with Crippen LogP contribution in [0.4, 0.5) is 0 Å². The third kappa shape index (κ3) is 29.8. The molecule has 1 aliphatic heterocycles. The van der Waals surface area contributed by atoms with Gasteiger partial charge < -0.3 is 19.1 Å². The van der Waals surface area contributed by atoms with Crippen molar-refractivity contribution in [1.82, 2.24) is 4.90 Å². The van der Waals surface area contributed by atoms with Crippen LogP contribution >= 0.6 is 0 Å². The van der Waals surface area contributed by atoms with Crippen molar-refractivity contribution >= 4 is 17.7 Å². The monoisotopic (exact) mass is 756 g/mol. The molecular formula is C47H81NO6. The van der Waals surface area contributed by atoms with Crippen LogP contribution in [0.5, 0.6) is 0 Å². The Hall–Kier alpha value is -2.51. The molecule has 0 unspecified atom stereocenters. The minimum absolute atomic E-state index is 0.0775. The average molecular weight is 756 g/mol. The van der Waals surface area contributed by atoms with Gasteiger partial charge in [-0.05, 0) is 104 Å². The highest BCUT2D eigenvalue weighted by molar-refractivity contribution is 5.79. The van der Waals surface area contributed by atoms with Gasteiger partial charge in [-0.25, -0.2) is 0 Å². The highest BCUT2D eigenvalue weighted by Gasteiger charge is 2.43. The van der Waals surface area contributed by atoms with Crippen molar-refractivity contribution in [1.29, 1.82) is 0 Å². The molecule has 0 aliphatic carbocycles.